The van der Waals surface area contributed by atoms with Gasteiger partial charge in [0.1, 0.15) is 4.88 Å². The van der Waals surface area contributed by atoms with Crippen molar-refractivity contribution in [3.05, 3.63) is 22.4 Å². The van der Waals surface area contributed by atoms with Gasteiger partial charge in [-0.2, -0.15) is 0 Å². The highest BCUT2D eigenvalue weighted by atomic mass is 35.5. The molecule has 0 aliphatic rings. The highest BCUT2D eigenvalue weighted by Crippen LogP contribution is 2.31. The Hall–Kier alpha value is -0.910. The van der Waals surface area contributed by atoms with Crippen LogP contribution in [0.4, 0.5) is 0 Å². The van der Waals surface area contributed by atoms with Crippen molar-refractivity contribution >= 4 is 22.9 Å². The monoisotopic (exact) mass is 243 g/mol. The maximum atomic E-state index is 5.95. The van der Waals surface area contributed by atoms with Crippen LogP contribution in [0, 0.1) is 0 Å². The smallest absolute Gasteiger partial charge is 0.259 e. The summed E-state index contributed by atoms with van der Waals surface area (Å²) >= 11 is 7.45. The van der Waals surface area contributed by atoms with Crippen molar-refractivity contribution in [2.24, 2.45) is 0 Å². The molecule has 2 aromatic rings. The summed E-state index contributed by atoms with van der Waals surface area (Å²) in [6, 6.07) is 1.82. The number of thiophene rings is 1. The van der Waals surface area contributed by atoms with Crippen molar-refractivity contribution in [2.45, 2.75) is 13.5 Å². The highest BCUT2D eigenvalue weighted by Gasteiger charge is 2.12. The van der Waals surface area contributed by atoms with Gasteiger partial charge in [-0.15, -0.1) is 21.5 Å². The molecule has 1 N–H and O–H groups in total. The Morgan fingerprint density at radius 1 is 1.53 bits per heavy atom. The molecule has 0 radical (unpaired) electrons. The summed E-state index contributed by atoms with van der Waals surface area (Å²) in [4.78, 5) is 0.826. The Kier molecular flexibility index (Phi) is 3.35. The molecule has 0 aliphatic heterocycles. The van der Waals surface area contributed by atoms with E-state index >= 15 is 0 Å². The van der Waals surface area contributed by atoms with E-state index in [0.717, 1.165) is 11.4 Å². The lowest BCUT2D eigenvalue weighted by molar-refractivity contribution is 0.483. The number of nitrogens with one attached hydrogen (secondary N) is 1. The van der Waals surface area contributed by atoms with Crippen LogP contribution in [-0.2, 0) is 6.54 Å². The van der Waals surface area contributed by atoms with Gasteiger partial charge < -0.3 is 9.73 Å². The molecular weight excluding hydrogens is 234 g/mol. The summed E-state index contributed by atoms with van der Waals surface area (Å²) in [6.45, 7) is 3.48. The van der Waals surface area contributed by atoms with Crippen LogP contribution >= 0.6 is 22.9 Å². The van der Waals surface area contributed by atoms with E-state index < -0.39 is 0 Å². The van der Waals surface area contributed by atoms with E-state index in [1.807, 2.05) is 18.4 Å². The third-order valence-electron chi connectivity index (χ3n) is 1.80. The molecule has 2 aromatic heterocycles. The molecule has 0 amide bonds. The second-order valence-electron chi connectivity index (χ2n) is 2.88. The molecule has 2 rings (SSSR count). The van der Waals surface area contributed by atoms with Gasteiger partial charge >= 0.3 is 0 Å². The fourth-order valence-corrected chi connectivity index (χ4v) is 2.15. The zero-order valence-corrected chi connectivity index (χ0v) is 9.73. The Morgan fingerprint density at radius 2 is 2.40 bits per heavy atom. The van der Waals surface area contributed by atoms with Crippen LogP contribution in [-0.4, -0.2) is 16.7 Å². The van der Waals surface area contributed by atoms with E-state index in [9.17, 15) is 0 Å². The summed E-state index contributed by atoms with van der Waals surface area (Å²) in [7, 11) is 0. The number of hydrogen-bond acceptors (Lipinski definition) is 5. The van der Waals surface area contributed by atoms with Gasteiger partial charge in [0, 0.05) is 0 Å². The minimum atomic E-state index is 0.489. The molecule has 2 heterocycles. The van der Waals surface area contributed by atoms with Gasteiger partial charge in [0.15, 0.2) is 0 Å². The van der Waals surface area contributed by atoms with Gasteiger partial charge in [-0.1, -0.05) is 18.5 Å². The van der Waals surface area contributed by atoms with E-state index in [1.165, 1.54) is 11.3 Å². The predicted molar refractivity (Wildman–Crippen MR) is 60.0 cm³/mol. The molecule has 0 aromatic carbocycles. The molecular formula is C9H10ClN3OS. The van der Waals surface area contributed by atoms with Crippen molar-refractivity contribution < 1.29 is 4.42 Å². The van der Waals surface area contributed by atoms with Crippen LogP contribution < -0.4 is 5.32 Å². The van der Waals surface area contributed by atoms with Crippen molar-refractivity contribution in [3.63, 3.8) is 0 Å². The molecule has 6 heteroatoms. The molecule has 15 heavy (non-hydrogen) atoms. The van der Waals surface area contributed by atoms with E-state index in [1.54, 1.807) is 0 Å². The zero-order chi connectivity index (χ0) is 10.7. The second kappa shape index (κ2) is 4.74. The first-order valence-corrected chi connectivity index (χ1v) is 5.83. The first kappa shape index (κ1) is 10.6. The first-order valence-electron chi connectivity index (χ1n) is 4.57. The average molecular weight is 244 g/mol. The van der Waals surface area contributed by atoms with E-state index in [0.29, 0.717) is 23.3 Å². The fraction of sp³-hybridized carbons (Fsp3) is 0.333. The fourth-order valence-electron chi connectivity index (χ4n) is 1.10. The van der Waals surface area contributed by atoms with Crippen molar-refractivity contribution in [1.29, 1.82) is 0 Å². The molecule has 0 bridgehead atoms. The molecule has 0 saturated carbocycles. The van der Waals surface area contributed by atoms with Gasteiger partial charge in [0.2, 0.25) is 5.89 Å². The summed E-state index contributed by atoms with van der Waals surface area (Å²) in [5.74, 6) is 1.07. The quantitative estimate of drug-likeness (QED) is 0.897. The maximum absolute atomic E-state index is 5.95. The SMILES string of the molecule is CCNCc1nnc(-c2sccc2Cl)o1. The predicted octanol–water partition coefficient (Wildman–Crippen LogP) is 2.56. The first-order chi connectivity index (χ1) is 7.31. The Balaban J connectivity index is 2.17. The maximum Gasteiger partial charge on any atom is 0.259 e. The minimum Gasteiger partial charge on any atom is -0.418 e. The average Bonchev–Trinajstić information content (AvgIpc) is 2.83. The molecule has 0 aliphatic carbocycles. The summed E-state index contributed by atoms with van der Waals surface area (Å²) in [5.41, 5.74) is 0. The third kappa shape index (κ3) is 2.37. The molecule has 0 atom stereocenters. The molecule has 0 saturated heterocycles. The largest absolute Gasteiger partial charge is 0.418 e. The standard InChI is InChI=1S/C9H10ClN3OS/c1-2-11-5-7-12-13-9(14-7)8-6(10)3-4-15-8/h3-4,11H,2,5H2,1H3. The lowest BCUT2D eigenvalue weighted by atomic mass is 10.5. The highest BCUT2D eigenvalue weighted by molar-refractivity contribution is 7.14. The number of nitrogens with zero attached hydrogens (tertiary/aromatic N) is 2. The Bertz CT molecular complexity index is 440. The van der Waals surface area contributed by atoms with Gasteiger partial charge in [-0.3, -0.25) is 0 Å². The van der Waals surface area contributed by atoms with Crippen molar-refractivity contribution in [2.75, 3.05) is 6.54 Å². The minimum absolute atomic E-state index is 0.489. The molecule has 0 fully saturated rings. The van der Waals surface area contributed by atoms with Crippen LogP contribution in [0.1, 0.15) is 12.8 Å². The van der Waals surface area contributed by atoms with Crippen LogP contribution in [0.25, 0.3) is 10.8 Å². The van der Waals surface area contributed by atoms with Gasteiger partial charge in [-0.25, -0.2) is 0 Å². The lowest BCUT2D eigenvalue weighted by Crippen LogP contribution is -2.11. The van der Waals surface area contributed by atoms with Crippen LogP contribution in [0.15, 0.2) is 15.9 Å². The second-order valence-corrected chi connectivity index (χ2v) is 4.20. The topological polar surface area (TPSA) is 51.0 Å². The number of hydrogen-bond donors (Lipinski definition) is 1. The normalized spacial score (nSPS) is 10.8. The van der Waals surface area contributed by atoms with Crippen LogP contribution in [0.5, 0.6) is 0 Å². The van der Waals surface area contributed by atoms with Gasteiger partial charge in [0.05, 0.1) is 11.6 Å². The van der Waals surface area contributed by atoms with Crippen molar-refractivity contribution in [3.8, 4) is 10.8 Å². The van der Waals surface area contributed by atoms with E-state index in [-0.39, 0.29) is 0 Å². The molecule has 0 spiro atoms. The van der Waals surface area contributed by atoms with Gasteiger partial charge in [0.25, 0.3) is 5.89 Å². The number of aromatic nitrogens is 2. The summed E-state index contributed by atoms with van der Waals surface area (Å²) in [6.07, 6.45) is 0. The molecule has 80 valence electrons. The summed E-state index contributed by atoms with van der Waals surface area (Å²) in [5, 5.41) is 13.5. The zero-order valence-electron chi connectivity index (χ0n) is 8.16. The van der Waals surface area contributed by atoms with Crippen molar-refractivity contribution in [1.82, 2.24) is 15.5 Å². The molecule has 4 nitrogen and oxygen atoms in total. The number of halogens is 1. The van der Waals surface area contributed by atoms with Gasteiger partial charge in [-0.05, 0) is 18.0 Å². The Morgan fingerprint density at radius 3 is 3.07 bits per heavy atom. The summed E-state index contributed by atoms with van der Waals surface area (Å²) < 4.78 is 5.45. The van der Waals surface area contributed by atoms with Crippen LogP contribution in [0.2, 0.25) is 5.02 Å². The third-order valence-corrected chi connectivity index (χ3v) is 3.13. The lowest BCUT2D eigenvalue weighted by Gasteiger charge is -1.93. The van der Waals surface area contributed by atoms with E-state index in [4.69, 9.17) is 16.0 Å². The molecule has 0 unspecified atom stereocenters. The Labute approximate surface area is 96.3 Å². The van der Waals surface area contributed by atoms with E-state index in [2.05, 4.69) is 15.5 Å². The van der Waals surface area contributed by atoms with Crippen LogP contribution in [0.3, 0.4) is 0 Å². The number of rotatable bonds is 4.